The molecule has 7 rings (SSSR count). The van der Waals surface area contributed by atoms with Gasteiger partial charge in [0.15, 0.2) is 5.78 Å². The number of carbonyl (C=O) groups is 3. The van der Waals surface area contributed by atoms with Crippen molar-refractivity contribution in [2.75, 3.05) is 0 Å². The zero-order chi connectivity index (χ0) is 44.7. The minimum atomic E-state index is -2.29. The number of carboxylic acid groups (broad SMARTS) is 1. The van der Waals surface area contributed by atoms with Crippen molar-refractivity contribution >= 4 is 50.6 Å². The van der Waals surface area contributed by atoms with Gasteiger partial charge in [0.1, 0.15) is 6.10 Å². The molecule has 6 aliphatic rings. The third-order valence-corrected chi connectivity index (χ3v) is 22.8. The number of nitrogens with zero attached hydrogens (tertiary/aromatic N) is 2. The van der Waals surface area contributed by atoms with Crippen LogP contribution in [0, 0.1) is 72.9 Å². The number of hydrogen-bond acceptors (Lipinski definition) is 6. The zero-order valence-electron chi connectivity index (χ0n) is 39.4. The summed E-state index contributed by atoms with van der Waals surface area (Å²) in [5, 5.41) is 19.3. The van der Waals surface area contributed by atoms with E-state index >= 15 is 0 Å². The summed E-state index contributed by atoms with van der Waals surface area (Å²) in [6.45, 7) is 24.9. The lowest BCUT2D eigenvalue weighted by atomic mass is 9.29. The topological polar surface area (TPSA) is 117 Å². The summed E-state index contributed by atoms with van der Waals surface area (Å²) in [5.41, 5.74) is 3.85. The molecule has 8 heteroatoms. The maximum atomic E-state index is 14.7. The van der Waals surface area contributed by atoms with Gasteiger partial charge in [0, 0.05) is 26.5 Å². The number of Topliss-reactive ketones (excluding diaryl/α,β-unsaturated/α-hetero) is 1. The van der Waals surface area contributed by atoms with Gasteiger partial charge >= 0.3 is 11.9 Å². The number of hydrogen-bond donors (Lipinski definition) is 1. The van der Waals surface area contributed by atoms with E-state index in [1.54, 1.807) is 13.8 Å². The van der Waals surface area contributed by atoms with Crippen LogP contribution in [0.5, 0.6) is 0 Å². The standard InChI is InChI=1S/C53H75IN2O5/c1-13-14-15-35-20-21-40(56-54(12)44(35)36-18-16-34(32-55)17-19-36)53-29-28-52(11)50(9)26-22-38-48(6,7)41(61-42(58)31-47(4,5)46(59)60)24-25-49(38,8)39(50)23-27-51(52,10)45(53)43(33(2)3)37(57)30-53/h16-19,33,35,38-39,41H,12-15,20-31H2,1-11H3,(H,59,60)/t35?,38-,39+,41-,49-,50+,51+,52-,53-/m0/s1. The average molecular weight is 947 g/mol. The van der Waals surface area contributed by atoms with E-state index in [1.165, 1.54) is 26.8 Å². The van der Waals surface area contributed by atoms with Crippen molar-refractivity contribution in [3.63, 3.8) is 0 Å². The first-order chi connectivity index (χ1) is 28.5. The van der Waals surface area contributed by atoms with Gasteiger partial charge in [-0.25, -0.2) is 3.21 Å². The van der Waals surface area contributed by atoms with E-state index in [0.29, 0.717) is 35.5 Å². The first kappa shape index (κ1) is 46.2. The molecule has 1 aromatic rings. The molecule has 1 aromatic carbocycles. The first-order valence-corrected chi connectivity index (χ1v) is 27.2. The van der Waals surface area contributed by atoms with Crippen LogP contribution in [-0.2, 0) is 19.1 Å². The third kappa shape index (κ3) is 7.05. The molecule has 5 aliphatic carbocycles. The van der Waals surface area contributed by atoms with E-state index in [0.717, 1.165) is 82.6 Å². The fourth-order valence-corrected chi connectivity index (χ4v) is 19.7. The molecule has 9 atom stereocenters. The number of ketones is 1. The molecule has 4 fully saturated rings. The molecule has 1 heterocycles. The lowest BCUT2D eigenvalue weighted by molar-refractivity contribution is -0.248. The number of allylic oxidation sites excluding steroid dienone is 2. The molecular weight excluding hydrogens is 871 g/mol. The molecule has 4 saturated carbocycles. The monoisotopic (exact) mass is 946 g/mol. The Balaban J connectivity index is 1.26. The minimum absolute atomic E-state index is 0.0339. The predicted molar refractivity (Wildman–Crippen MR) is 256 cm³/mol. The molecule has 0 amide bonds. The molecule has 7 nitrogen and oxygen atoms in total. The molecule has 0 aromatic heterocycles. The number of fused-ring (bicyclic) bond motifs is 7. The molecule has 0 radical (unpaired) electrons. The second-order valence-corrected chi connectivity index (χ2v) is 26.5. The fraction of sp³-hybridized carbons (Fsp3) is 0.717. The van der Waals surface area contributed by atoms with Crippen LogP contribution in [0.1, 0.15) is 184 Å². The number of carbonyl (C=O) groups excluding carboxylic acids is 2. The first-order valence-electron chi connectivity index (χ1n) is 23.6. The van der Waals surface area contributed by atoms with Crippen molar-refractivity contribution in [1.82, 2.24) is 0 Å². The van der Waals surface area contributed by atoms with Crippen molar-refractivity contribution in [2.45, 2.75) is 179 Å². The summed E-state index contributed by atoms with van der Waals surface area (Å²) in [6, 6.07) is 10.5. The lowest BCUT2D eigenvalue weighted by Gasteiger charge is -2.75. The molecule has 61 heavy (non-hydrogen) atoms. The summed E-state index contributed by atoms with van der Waals surface area (Å²) < 4.78 is 18.5. The summed E-state index contributed by atoms with van der Waals surface area (Å²) >= 11 is -2.29. The Morgan fingerprint density at radius 1 is 0.984 bits per heavy atom. The lowest BCUT2D eigenvalue weighted by Crippen LogP contribution is -2.68. The molecule has 1 unspecified atom stereocenters. The maximum Gasteiger partial charge on any atom is 0.309 e. The smallest absolute Gasteiger partial charge is 0.309 e. The van der Waals surface area contributed by atoms with Gasteiger partial charge in [0.05, 0.1) is 23.5 Å². The number of ether oxygens (including phenoxy) is 1. The molecular formula is C53H75IN2O5. The van der Waals surface area contributed by atoms with Gasteiger partial charge in [-0.2, -0.15) is 5.26 Å². The van der Waals surface area contributed by atoms with Crippen LogP contribution in [0.4, 0.5) is 0 Å². The highest BCUT2D eigenvalue weighted by molar-refractivity contribution is 14.2. The minimum Gasteiger partial charge on any atom is -0.481 e. The normalized spacial score (nSPS) is 37.5. The van der Waals surface area contributed by atoms with Crippen molar-refractivity contribution in [2.24, 2.45) is 64.8 Å². The quantitative estimate of drug-likeness (QED) is 0.184. The molecule has 1 aliphatic heterocycles. The number of halogens is 1. The van der Waals surface area contributed by atoms with E-state index in [-0.39, 0.29) is 50.9 Å². The summed E-state index contributed by atoms with van der Waals surface area (Å²) in [5.74, 6) is 0.360. The fourth-order valence-electron chi connectivity index (χ4n) is 15.3. The van der Waals surface area contributed by atoms with E-state index < -0.39 is 36.5 Å². The van der Waals surface area contributed by atoms with Crippen LogP contribution in [0.2, 0.25) is 0 Å². The van der Waals surface area contributed by atoms with E-state index in [4.69, 9.17) is 12.5 Å². The van der Waals surface area contributed by atoms with Crippen molar-refractivity contribution in [1.29, 1.82) is 5.26 Å². The summed E-state index contributed by atoms with van der Waals surface area (Å²) in [7, 11) is 0. The number of carboxylic acids is 1. The average Bonchev–Trinajstić information content (AvgIpc) is 3.41. The second-order valence-electron chi connectivity index (χ2n) is 22.9. The van der Waals surface area contributed by atoms with Gasteiger partial charge in [-0.05, 0) is 178 Å². The third-order valence-electron chi connectivity index (χ3n) is 18.8. The van der Waals surface area contributed by atoms with Crippen LogP contribution >= 0.6 is 19.1 Å². The summed E-state index contributed by atoms with van der Waals surface area (Å²) in [6.07, 6.45) is 13.7. The van der Waals surface area contributed by atoms with Gasteiger partial charge in [-0.1, -0.05) is 91.8 Å². The molecule has 0 spiro atoms. The van der Waals surface area contributed by atoms with Gasteiger partial charge in [0.2, 0.25) is 0 Å². The van der Waals surface area contributed by atoms with Crippen LogP contribution in [-0.4, -0.2) is 42.7 Å². The van der Waals surface area contributed by atoms with Gasteiger partial charge in [0.25, 0.3) is 0 Å². The van der Waals surface area contributed by atoms with Crippen LogP contribution < -0.4 is 0 Å². The van der Waals surface area contributed by atoms with Crippen molar-refractivity contribution < 1.29 is 24.2 Å². The number of esters is 1. The van der Waals surface area contributed by atoms with Crippen LogP contribution in [0.3, 0.4) is 0 Å². The van der Waals surface area contributed by atoms with Crippen molar-refractivity contribution in [3.8, 4) is 6.07 Å². The summed E-state index contributed by atoms with van der Waals surface area (Å²) in [4.78, 5) is 39.9. The largest absolute Gasteiger partial charge is 0.481 e. The van der Waals surface area contributed by atoms with Crippen LogP contribution in [0.25, 0.3) is 0 Å². The number of unbranched alkanes of at least 4 members (excludes halogenated alkanes) is 1. The number of nitriles is 1. The Morgan fingerprint density at radius 3 is 2.28 bits per heavy atom. The molecule has 0 saturated heterocycles. The second kappa shape index (κ2) is 16.0. The maximum absolute atomic E-state index is 14.7. The number of aliphatic carboxylic acids is 1. The highest BCUT2D eigenvalue weighted by atomic mass is 127. The molecule has 1 N–H and O–H groups in total. The highest BCUT2D eigenvalue weighted by Crippen LogP contribution is 2.80. The Kier molecular flexibility index (Phi) is 12.1. The zero-order valence-corrected chi connectivity index (χ0v) is 41.5. The van der Waals surface area contributed by atoms with Crippen LogP contribution in [0.15, 0.2) is 38.6 Å². The highest BCUT2D eigenvalue weighted by Gasteiger charge is 2.74. The Hall–Kier alpha value is -2.80. The Morgan fingerprint density at radius 2 is 1.66 bits per heavy atom. The van der Waals surface area contributed by atoms with Gasteiger partial charge in [-0.3, -0.25) is 14.4 Å². The van der Waals surface area contributed by atoms with E-state index in [2.05, 4.69) is 80.5 Å². The van der Waals surface area contributed by atoms with Gasteiger partial charge < -0.3 is 9.84 Å². The predicted octanol–water partition coefficient (Wildman–Crippen LogP) is 12.8. The number of rotatable bonds is 10. The number of benzene rings is 1. The van der Waals surface area contributed by atoms with Gasteiger partial charge in [-0.15, -0.1) is 0 Å². The molecule has 0 bridgehead atoms. The molecule has 334 valence electrons. The van der Waals surface area contributed by atoms with E-state index in [9.17, 15) is 24.8 Å². The Bertz CT molecular complexity index is 2170. The van der Waals surface area contributed by atoms with Crippen molar-refractivity contribution in [3.05, 3.63) is 46.5 Å². The Labute approximate surface area is 374 Å². The SMILES string of the molecule is C=I1=C(c2ccc(C#N)cc2)C(CCCC)CCC([C@@]23CC[C@]4(C)[C@](C)(CC[C@@H]5[C@@]6(C)CC[C@H](OC(=O)CC(C)(C)C(=O)O)C(C)(C)[C@@H]6CC[C@]54C)C2=C(C(C)C)C(=O)C3)=N1. The van der Waals surface area contributed by atoms with E-state index in [1.807, 2.05) is 12.1 Å².